The molecular formula is C9H18N2O3Si. The Morgan fingerprint density at radius 2 is 1.53 bits per heavy atom. The first-order valence-electron chi connectivity index (χ1n) is 4.33. The van der Waals surface area contributed by atoms with Crippen LogP contribution in [0.5, 0.6) is 0 Å². The second-order valence-corrected chi connectivity index (χ2v) is 5.41. The molecule has 0 unspecified atom stereocenters. The van der Waals surface area contributed by atoms with E-state index in [-0.39, 0.29) is 0 Å². The summed E-state index contributed by atoms with van der Waals surface area (Å²) in [6.45, 7) is 14.4. The minimum absolute atomic E-state index is 0.643. The first kappa shape index (κ1) is 13.9. The Labute approximate surface area is 91.7 Å². The summed E-state index contributed by atoms with van der Waals surface area (Å²) < 4.78 is 15.7. The summed E-state index contributed by atoms with van der Waals surface area (Å²) in [5.74, 6) is 0. The third-order valence-corrected chi connectivity index (χ3v) is 3.11. The Kier molecular flexibility index (Phi) is 5.95. The maximum Gasteiger partial charge on any atom is 0.572 e. The number of allylic oxidation sites excluding steroid dienone is 2. The van der Waals surface area contributed by atoms with E-state index in [0.29, 0.717) is 11.4 Å². The average Bonchev–Trinajstić information content (AvgIpc) is 2.19. The standard InChI is InChI=1S/C9H18N2O3Si/c1-7-15(12-6,13-10-8(2)3)14-11-9(4)5/h7,10-11H,1-2,4H2,3,5-6H3. The van der Waals surface area contributed by atoms with Crippen molar-refractivity contribution in [1.29, 1.82) is 0 Å². The first-order valence-corrected chi connectivity index (χ1v) is 6.13. The van der Waals surface area contributed by atoms with Gasteiger partial charge in [0.15, 0.2) is 0 Å². The molecule has 0 bridgehead atoms. The zero-order valence-electron chi connectivity index (χ0n) is 9.42. The van der Waals surface area contributed by atoms with E-state index in [1.54, 1.807) is 13.8 Å². The Hall–Kier alpha value is -1.08. The van der Waals surface area contributed by atoms with E-state index >= 15 is 0 Å². The van der Waals surface area contributed by atoms with Crippen molar-refractivity contribution < 1.29 is 13.5 Å². The Morgan fingerprint density at radius 1 is 1.13 bits per heavy atom. The smallest absolute Gasteiger partial charge is 0.372 e. The number of hydrogen-bond donors (Lipinski definition) is 2. The summed E-state index contributed by atoms with van der Waals surface area (Å²) >= 11 is 0. The number of hydroxylamine groups is 2. The van der Waals surface area contributed by atoms with Gasteiger partial charge in [-0.1, -0.05) is 19.7 Å². The molecule has 0 heterocycles. The van der Waals surface area contributed by atoms with Crippen LogP contribution in [0.25, 0.3) is 0 Å². The lowest BCUT2D eigenvalue weighted by Crippen LogP contribution is -2.49. The van der Waals surface area contributed by atoms with Crippen molar-refractivity contribution in [3.05, 3.63) is 36.8 Å². The van der Waals surface area contributed by atoms with Gasteiger partial charge < -0.3 is 4.43 Å². The third kappa shape index (κ3) is 5.38. The normalized spacial score (nSPS) is 10.6. The van der Waals surface area contributed by atoms with Crippen molar-refractivity contribution in [2.24, 2.45) is 0 Å². The molecule has 15 heavy (non-hydrogen) atoms. The van der Waals surface area contributed by atoms with Crippen LogP contribution in [-0.4, -0.2) is 15.9 Å². The topological polar surface area (TPSA) is 51.8 Å². The lowest BCUT2D eigenvalue weighted by molar-refractivity contribution is 0.0290. The largest absolute Gasteiger partial charge is 0.572 e. The quantitative estimate of drug-likeness (QED) is 0.488. The molecule has 5 nitrogen and oxygen atoms in total. The van der Waals surface area contributed by atoms with Gasteiger partial charge in [0.2, 0.25) is 0 Å². The number of nitrogens with one attached hydrogen (secondary N) is 2. The third-order valence-electron chi connectivity index (χ3n) is 1.27. The fourth-order valence-electron chi connectivity index (χ4n) is 0.587. The highest BCUT2D eigenvalue weighted by atomic mass is 28.4. The minimum atomic E-state index is -2.95. The molecule has 0 aromatic carbocycles. The zero-order valence-corrected chi connectivity index (χ0v) is 10.4. The molecular weight excluding hydrogens is 212 g/mol. The van der Waals surface area contributed by atoms with E-state index in [9.17, 15) is 0 Å². The molecule has 0 spiro atoms. The van der Waals surface area contributed by atoms with Crippen molar-refractivity contribution in [1.82, 2.24) is 11.0 Å². The molecule has 0 aliphatic rings. The summed E-state index contributed by atoms with van der Waals surface area (Å²) in [4.78, 5) is 0. The van der Waals surface area contributed by atoms with Gasteiger partial charge >= 0.3 is 8.80 Å². The SMILES string of the molecule is C=C[Si](OC)(ONC(=C)C)ONC(=C)C. The van der Waals surface area contributed by atoms with Crippen molar-refractivity contribution >= 4 is 8.80 Å². The lowest BCUT2D eigenvalue weighted by atomic mass is 10.6. The molecule has 0 amide bonds. The molecule has 6 heteroatoms. The van der Waals surface area contributed by atoms with Gasteiger partial charge in [-0.15, -0.1) is 0 Å². The van der Waals surface area contributed by atoms with Gasteiger partial charge in [-0.3, -0.25) is 20.0 Å². The maximum atomic E-state index is 5.26. The number of rotatable bonds is 8. The molecule has 0 saturated carbocycles. The van der Waals surface area contributed by atoms with E-state index < -0.39 is 8.80 Å². The maximum absolute atomic E-state index is 5.26. The fourth-order valence-corrected chi connectivity index (χ4v) is 1.76. The molecule has 0 fully saturated rings. The molecule has 0 aliphatic carbocycles. The van der Waals surface area contributed by atoms with Gasteiger partial charge in [-0.05, 0) is 19.5 Å². The summed E-state index contributed by atoms with van der Waals surface area (Å²) in [5, 5.41) is 0. The van der Waals surface area contributed by atoms with E-state index in [2.05, 4.69) is 30.7 Å². The predicted octanol–water partition coefficient (Wildman–Crippen LogP) is 1.41. The Morgan fingerprint density at radius 3 is 1.73 bits per heavy atom. The first-order chi connectivity index (χ1) is 6.95. The Balaban J connectivity index is 4.35. The van der Waals surface area contributed by atoms with Crippen molar-refractivity contribution in [2.75, 3.05) is 7.11 Å². The van der Waals surface area contributed by atoms with Gasteiger partial charge in [0.05, 0.1) is 0 Å². The molecule has 0 aromatic rings. The monoisotopic (exact) mass is 230 g/mol. The predicted molar refractivity (Wildman–Crippen MR) is 61.0 cm³/mol. The van der Waals surface area contributed by atoms with E-state index in [1.807, 2.05) is 0 Å². The van der Waals surface area contributed by atoms with Crippen LogP contribution in [-0.2, 0) is 13.5 Å². The minimum Gasteiger partial charge on any atom is -0.372 e. The summed E-state index contributed by atoms with van der Waals surface area (Å²) in [6, 6.07) is 0. The highest BCUT2D eigenvalue weighted by Gasteiger charge is 2.39. The van der Waals surface area contributed by atoms with Gasteiger partial charge in [0, 0.05) is 18.5 Å². The summed E-state index contributed by atoms with van der Waals surface area (Å²) in [5.41, 5.74) is 7.95. The van der Waals surface area contributed by atoms with Gasteiger partial charge in [0.1, 0.15) is 0 Å². The average molecular weight is 230 g/mol. The van der Waals surface area contributed by atoms with Crippen molar-refractivity contribution in [3.63, 3.8) is 0 Å². The molecule has 0 saturated heterocycles. The Bertz CT molecular complexity index is 238. The zero-order chi connectivity index (χ0) is 11.9. The molecule has 2 N–H and O–H groups in total. The molecule has 0 rings (SSSR count). The van der Waals surface area contributed by atoms with Crippen LogP contribution in [0.3, 0.4) is 0 Å². The van der Waals surface area contributed by atoms with Crippen LogP contribution in [0.4, 0.5) is 0 Å². The van der Waals surface area contributed by atoms with Crippen molar-refractivity contribution in [3.8, 4) is 0 Å². The van der Waals surface area contributed by atoms with E-state index in [0.717, 1.165) is 0 Å². The van der Waals surface area contributed by atoms with E-state index in [4.69, 9.17) is 13.5 Å². The highest BCUT2D eigenvalue weighted by molar-refractivity contribution is 6.65. The van der Waals surface area contributed by atoms with Crippen LogP contribution < -0.4 is 11.0 Å². The molecule has 0 radical (unpaired) electrons. The molecule has 86 valence electrons. The van der Waals surface area contributed by atoms with Gasteiger partial charge in [-0.2, -0.15) is 0 Å². The summed E-state index contributed by atoms with van der Waals surface area (Å²) in [6.07, 6.45) is 0. The lowest BCUT2D eigenvalue weighted by Gasteiger charge is -2.24. The van der Waals surface area contributed by atoms with Crippen LogP contribution >= 0.6 is 0 Å². The van der Waals surface area contributed by atoms with Crippen molar-refractivity contribution in [2.45, 2.75) is 13.8 Å². The van der Waals surface area contributed by atoms with Gasteiger partial charge in [0.25, 0.3) is 0 Å². The highest BCUT2D eigenvalue weighted by Crippen LogP contribution is 2.07. The van der Waals surface area contributed by atoms with Gasteiger partial charge in [-0.25, -0.2) is 0 Å². The van der Waals surface area contributed by atoms with E-state index in [1.165, 1.54) is 12.8 Å². The number of hydrogen-bond acceptors (Lipinski definition) is 5. The fraction of sp³-hybridized carbons (Fsp3) is 0.333. The molecule has 0 aromatic heterocycles. The second kappa shape index (κ2) is 6.41. The molecule has 0 aliphatic heterocycles. The molecule has 0 atom stereocenters. The van der Waals surface area contributed by atoms with Crippen LogP contribution in [0.2, 0.25) is 0 Å². The van der Waals surface area contributed by atoms with Crippen LogP contribution in [0, 0.1) is 0 Å². The summed E-state index contributed by atoms with van der Waals surface area (Å²) in [7, 11) is -1.47. The second-order valence-electron chi connectivity index (χ2n) is 2.98. The van der Waals surface area contributed by atoms with Crippen LogP contribution in [0.1, 0.15) is 13.8 Å². The van der Waals surface area contributed by atoms with Crippen LogP contribution in [0.15, 0.2) is 36.8 Å².